The quantitative estimate of drug-likeness (QED) is 0.808. The van der Waals surface area contributed by atoms with Gasteiger partial charge in [-0.25, -0.2) is 0 Å². The van der Waals surface area contributed by atoms with Crippen molar-refractivity contribution in [3.63, 3.8) is 0 Å². The van der Waals surface area contributed by atoms with Crippen LogP contribution in [0, 0.1) is 5.92 Å². The van der Waals surface area contributed by atoms with Crippen LogP contribution in [-0.4, -0.2) is 41.9 Å². The minimum Gasteiger partial charge on any atom is -0.339 e. The fourth-order valence-electron chi connectivity index (χ4n) is 4.20. The predicted molar refractivity (Wildman–Crippen MR) is 106 cm³/mol. The molecule has 1 amide bonds. The van der Waals surface area contributed by atoms with Gasteiger partial charge in [-0.05, 0) is 54.5 Å². The number of hydrogen-bond donors (Lipinski definition) is 0. The molecule has 0 N–H and O–H groups in total. The van der Waals surface area contributed by atoms with E-state index in [0.717, 1.165) is 52.0 Å². The molecule has 2 heterocycles. The van der Waals surface area contributed by atoms with E-state index in [2.05, 4.69) is 29.2 Å². The third-order valence-corrected chi connectivity index (χ3v) is 5.93. The average Bonchev–Trinajstić information content (AvgIpc) is 2.68. The van der Waals surface area contributed by atoms with Gasteiger partial charge in [0.15, 0.2) is 0 Å². The van der Waals surface area contributed by atoms with Crippen molar-refractivity contribution in [2.24, 2.45) is 5.92 Å². The summed E-state index contributed by atoms with van der Waals surface area (Å²) in [4.78, 5) is 17.2. The normalized spacial score (nSPS) is 18.6. The zero-order valence-corrected chi connectivity index (χ0v) is 15.8. The highest BCUT2D eigenvalue weighted by molar-refractivity contribution is 6.30. The van der Waals surface area contributed by atoms with Crippen LogP contribution >= 0.6 is 11.6 Å². The van der Waals surface area contributed by atoms with E-state index in [4.69, 9.17) is 11.6 Å². The highest BCUT2D eigenvalue weighted by Crippen LogP contribution is 2.24. The molecular formula is C22H25ClN2O. The second-order valence-corrected chi connectivity index (χ2v) is 7.94. The van der Waals surface area contributed by atoms with Gasteiger partial charge >= 0.3 is 0 Å². The molecule has 2 aromatic carbocycles. The summed E-state index contributed by atoms with van der Waals surface area (Å²) in [6.07, 6.45) is 3.33. The number of hydrogen-bond acceptors (Lipinski definition) is 2. The number of rotatable bonds is 3. The molecule has 0 aliphatic carbocycles. The lowest BCUT2D eigenvalue weighted by molar-refractivity contribution is 0.0663. The molecule has 0 atom stereocenters. The summed E-state index contributed by atoms with van der Waals surface area (Å²) in [6.45, 7) is 5.06. The second kappa shape index (κ2) is 7.81. The van der Waals surface area contributed by atoms with Crippen LogP contribution in [0.2, 0.25) is 5.02 Å². The number of likely N-dealkylation sites (tertiary alicyclic amines) is 1. The van der Waals surface area contributed by atoms with Crippen LogP contribution in [0.3, 0.4) is 0 Å². The smallest absolute Gasteiger partial charge is 0.253 e. The van der Waals surface area contributed by atoms with Crippen molar-refractivity contribution in [2.45, 2.75) is 25.8 Å². The van der Waals surface area contributed by atoms with Crippen LogP contribution in [0.1, 0.15) is 34.3 Å². The van der Waals surface area contributed by atoms with Gasteiger partial charge < -0.3 is 4.90 Å². The van der Waals surface area contributed by atoms with E-state index < -0.39 is 0 Å². The summed E-state index contributed by atoms with van der Waals surface area (Å²) in [5.41, 5.74) is 3.68. The molecule has 136 valence electrons. The Morgan fingerprint density at radius 2 is 1.77 bits per heavy atom. The Bertz CT molecular complexity index is 783. The van der Waals surface area contributed by atoms with Crippen LogP contribution in [-0.2, 0) is 13.0 Å². The lowest BCUT2D eigenvalue weighted by Crippen LogP contribution is -2.42. The molecule has 2 aromatic rings. The van der Waals surface area contributed by atoms with E-state index >= 15 is 0 Å². The number of amides is 1. The van der Waals surface area contributed by atoms with Crippen molar-refractivity contribution in [3.05, 3.63) is 70.2 Å². The number of halogens is 1. The summed E-state index contributed by atoms with van der Waals surface area (Å²) in [7, 11) is 0. The van der Waals surface area contributed by atoms with Crippen LogP contribution < -0.4 is 0 Å². The Morgan fingerprint density at radius 3 is 2.54 bits per heavy atom. The van der Waals surface area contributed by atoms with Crippen molar-refractivity contribution in [1.82, 2.24) is 9.80 Å². The summed E-state index contributed by atoms with van der Waals surface area (Å²) in [5, 5.41) is 0.621. The zero-order chi connectivity index (χ0) is 17.9. The molecule has 2 aliphatic rings. The van der Waals surface area contributed by atoms with E-state index in [-0.39, 0.29) is 5.91 Å². The molecule has 0 unspecified atom stereocenters. The van der Waals surface area contributed by atoms with Gasteiger partial charge in [0.05, 0.1) is 0 Å². The van der Waals surface area contributed by atoms with Crippen molar-refractivity contribution >= 4 is 17.5 Å². The monoisotopic (exact) mass is 368 g/mol. The summed E-state index contributed by atoms with van der Waals surface area (Å²) < 4.78 is 0. The average molecular weight is 369 g/mol. The molecule has 1 fully saturated rings. The van der Waals surface area contributed by atoms with Gasteiger partial charge in [0.2, 0.25) is 0 Å². The lowest BCUT2D eigenvalue weighted by Gasteiger charge is -2.36. The topological polar surface area (TPSA) is 23.6 Å². The number of nitrogens with zero attached hydrogens (tertiary/aromatic N) is 2. The fourth-order valence-corrected chi connectivity index (χ4v) is 4.39. The highest BCUT2D eigenvalue weighted by Gasteiger charge is 2.26. The number of piperidine rings is 1. The van der Waals surface area contributed by atoms with Gasteiger partial charge in [-0.1, -0.05) is 41.9 Å². The van der Waals surface area contributed by atoms with E-state index in [1.807, 2.05) is 17.0 Å². The summed E-state index contributed by atoms with van der Waals surface area (Å²) in [5.74, 6) is 0.793. The third kappa shape index (κ3) is 3.94. The zero-order valence-electron chi connectivity index (χ0n) is 15.0. The molecule has 2 aliphatic heterocycles. The molecule has 0 bridgehead atoms. The Morgan fingerprint density at radius 1 is 1.00 bits per heavy atom. The minimum absolute atomic E-state index is 0.109. The molecule has 1 saturated heterocycles. The predicted octanol–water partition coefficient (Wildman–Crippen LogP) is 4.25. The molecule has 3 nitrogen and oxygen atoms in total. The van der Waals surface area contributed by atoms with Gasteiger partial charge in [-0.2, -0.15) is 0 Å². The Kier molecular flexibility index (Phi) is 5.28. The maximum Gasteiger partial charge on any atom is 0.253 e. The molecule has 0 aromatic heterocycles. The van der Waals surface area contributed by atoms with E-state index in [0.29, 0.717) is 16.5 Å². The number of carbonyl (C=O) groups excluding carboxylic acids is 1. The maximum atomic E-state index is 12.6. The molecule has 4 heteroatoms. The maximum absolute atomic E-state index is 12.6. The van der Waals surface area contributed by atoms with Crippen molar-refractivity contribution < 1.29 is 4.79 Å². The Balaban J connectivity index is 1.30. The number of fused-ring (bicyclic) bond motifs is 1. The van der Waals surface area contributed by atoms with Gasteiger partial charge in [0, 0.05) is 43.3 Å². The van der Waals surface area contributed by atoms with Crippen molar-refractivity contribution in [3.8, 4) is 0 Å². The number of carbonyl (C=O) groups is 1. The number of benzene rings is 2. The molecular weight excluding hydrogens is 344 g/mol. The first kappa shape index (κ1) is 17.6. The van der Waals surface area contributed by atoms with E-state index in [1.165, 1.54) is 11.1 Å². The lowest BCUT2D eigenvalue weighted by atomic mass is 9.93. The van der Waals surface area contributed by atoms with Gasteiger partial charge in [0.25, 0.3) is 5.91 Å². The van der Waals surface area contributed by atoms with E-state index in [1.54, 1.807) is 12.1 Å². The van der Waals surface area contributed by atoms with Gasteiger partial charge in [0.1, 0.15) is 0 Å². The third-order valence-electron chi connectivity index (χ3n) is 5.70. The summed E-state index contributed by atoms with van der Waals surface area (Å²) >= 11 is 6.02. The first-order chi connectivity index (χ1) is 12.7. The highest BCUT2D eigenvalue weighted by atomic mass is 35.5. The SMILES string of the molecule is O=C(c1cccc(Cl)c1)N1CCC(CN2CCc3ccccc3C2)CC1. The summed E-state index contributed by atoms with van der Waals surface area (Å²) in [6, 6.07) is 16.1. The molecule has 0 spiro atoms. The largest absolute Gasteiger partial charge is 0.339 e. The first-order valence-electron chi connectivity index (χ1n) is 9.53. The first-order valence-corrected chi connectivity index (χ1v) is 9.91. The van der Waals surface area contributed by atoms with Crippen molar-refractivity contribution in [1.29, 1.82) is 0 Å². The molecule has 0 radical (unpaired) electrons. The minimum atomic E-state index is 0.109. The molecule has 26 heavy (non-hydrogen) atoms. The Hall–Kier alpha value is -1.84. The van der Waals surface area contributed by atoms with E-state index in [9.17, 15) is 4.79 Å². The van der Waals surface area contributed by atoms with Crippen LogP contribution in [0.15, 0.2) is 48.5 Å². The van der Waals surface area contributed by atoms with Crippen molar-refractivity contribution in [2.75, 3.05) is 26.2 Å². The van der Waals surface area contributed by atoms with Crippen LogP contribution in [0.5, 0.6) is 0 Å². The standard InChI is InChI=1S/C22H25ClN2O/c23-21-7-3-6-19(14-21)22(26)25-12-8-17(9-13-25)15-24-11-10-18-4-1-2-5-20(18)16-24/h1-7,14,17H,8-13,15-16H2. The fraction of sp³-hybridized carbons (Fsp3) is 0.409. The molecule has 4 rings (SSSR count). The van der Waals surface area contributed by atoms with Gasteiger partial charge in [-0.3, -0.25) is 9.69 Å². The van der Waals surface area contributed by atoms with Crippen LogP contribution in [0.25, 0.3) is 0 Å². The Labute approximate surface area is 160 Å². The van der Waals surface area contributed by atoms with Gasteiger partial charge in [-0.15, -0.1) is 0 Å². The molecule has 0 saturated carbocycles. The second-order valence-electron chi connectivity index (χ2n) is 7.50. The van der Waals surface area contributed by atoms with Crippen LogP contribution in [0.4, 0.5) is 0 Å².